The van der Waals surface area contributed by atoms with E-state index in [9.17, 15) is 4.79 Å². The summed E-state index contributed by atoms with van der Waals surface area (Å²) in [5.74, 6) is 0. The first-order valence-electron chi connectivity index (χ1n) is 12.3. The van der Waals surface area contributed by atoms with E-state index in [0.717, 1.165) is 30.4 Å². The van der Waals surface area contributed by atoms with Gasteiger partial charge in [-0.15, -0.1) is 0 Å². The van der Waals surface area contributed by atoms with E-state index in [1.54, 1.807) is 0 Å². The molecule has 3 nitrogen and oxygen atoms in total. The van der Waals surface area contributed by atoms with Crippen molar-refractivity contribution in [2.45, 2.75) is 20.4 Å². The third-order valence-electron chi connectivity index (χ3n) is 7.12. The molecule has 0 saturated carbocycles. The first-order valence-corrected chi connectivity index (χ1v) is 12.3. The van der Waals surface area contributed by atoms with E-state index in [2.05, 4.69) is 108 Å². The van der Waals surface area contributed by atoms with Crippen LogP contribution in [-0.4, -0.2) is 27.7 Å². The molecule has 0 radical (unpaired) electrons. The van der Waals surface area contributed by atoms with Crippen molar-refractivity contribution in [1.82, 2.24) is 4.57 Å². The maximum Gasteiger partial charge on any atom is 0.214 e. The number of carbonyl (C=O) groups excluding carboxylic acids is 1. The smallest absolute Gasteiger partial charge is 0.214 e. The van der Waals surface area contributed by atoms with Gasteiger partial charge in [0.1, 0.15) is 12.8 Å². The molecule has 0 aliphatic carbocycles. The van der Waals surface area contributed by atoms with Gasteiger partial charge in [0.25, 0.3) is 0 Å². The minimum atomic E-state index is 0.642. The van der Waals surface area contributed by atoms with Crippen molar-refractivity contribution in [3.8, 4) is 0 Å². The van der Waals surface area contributed by atoms with Gasteiger partial charge >= 0.3 is 0 Å². The van der Waals surface area contributed by atoms with Crippen molar-refractivity contribution < 1.29 is 9.37 Å². The lowest BCUT2D eigenvalue weighted by Gasteiger charge is -2.01. The van der Waals surface area contributed by atoms with E-state index in [1.807, 2.05) is 12.2 Å². The fraction of sp³-hybridized carbons (Fsp3) is 0.125. The van der Waals surface area contributed by atoms with E-state index in [-0.39, 0.29) is 0 Å². The maximum atomic E-state index is 12.0. The Hall–Kier alpha value is -4.24. The van der Waals surface area contributed by atoms with Crippen molar-refractivity contribution in [2.75, 3.05) is 6.54 Å². The Morgan fingerprint density at radius 2 is 1.60 bits per heavy atom. The molecule has 170 valence electrons. The van der Waals surface area contributed by atoms with Crippen LogP contribution < -0.4 is 5.35 Å². The molecular weight excluding hydrogens is 428 g/mol. The number of hydrogen-bond donors (Lipinski definition) is 0. The molecule has 6 rings (SSSR count). The Morgan fingerprint density at radius 3 is 2.34 bits per heavy atom. The summed E-state index contributed by atoms with van der Waals surface area (Å²) >= 11 is 0. The predicted molar refractivity (Wildman–Crippen MR) is 147 cm³/mol. The fourth-order valence-electron chi connectivity index (χ4n) is 5.59. The zero-order valence-electron chi connectivity index (χ0n) is 20.0. The summed E-state index contributed by atoms with van der Waals surface area (Å²) in [5, 5.41) is 7.40. The molecule has 1 aromatic heterocycles. The summed E-state index contributed by atoms with van der Waals surface area (Å²) in [6, 6.07) is 25.8. The van der Waals surface area contributed by atoms with Gasteiger partial charge in [-0.1, -0.05) is 54.6 Å². The summed E-state index contributed by atoms with van der Waals surface area (Å²) < 4.78 is 4.64. The van der Waals surface area contributed by atoms with Crippen molar-refractivity contribution in [3.05, 3.63) is 108 Å². The van der Waals surface area contributed by atoms with Crippen LogP contribution in [0, 0.1) is 0 Å². The molecule has 0 fully saturated rings. The summed E-state index contributed by atoms with van der Waals surface area (Å²) in [6.07, 6.45) is 8.97. The van der Waals surface area contributed by atoms with Crippen molar-refractivity contribution in [1.29, 1.82) is 0 Å². The molecular formula is C32H27N2O+. The monoisotopic (exact) mass is 455 g/mol. The van der Waals surface area contributed by atoms with E-state index in [1.165, 1.54) is 43.7 Å². The third-order valence-corrected chi connectivity index (χ3v) is 7.12. The van der Waals surface area contributed by atoms with Gasteiger partial charge in [-0.3, -0.25) is 4.79 Å². The molecule has 0 amide bonds. The minimum Gasteiger partial charge on any atom is -0.341 e. The van der Waals surface area contributed by atoms with Gasteiger partial charge in [0.15, 0.2) is 0 Å². The maximum absolute atomic E-state index is 12.0. The van der Waals surface area contributed by atoms with Crippen LogP contribution >= 0.6 is 0 Å². The van der Waals surface area contributed by atoms with E-state index < -0.39 is 0 Å². The molecule has 0 unspecified atom stereocenters. The second-order valence-corrected chi connectivity index (χ2v) is 8.91. The van der Waals surface area contributed by atoms with E-state index in [0.29, 0.717) is 5.57 Å². The number of benzene rings is 4. The zero-order chi connectivity index (χ0) is 23.9. The summed E-state index contributed by atoms with van der Waals surface area (Å²) in [5.41, 5.74) is 5.45. The second-order valence-electron chi connectivity index (χ2n) is 8.91. The molecule has 0 spiro atoms. The summed E-state index contributed by atoms with van der Waals surface area (Å²) in [4.78, 5) is 12.0. The number of aromatic nitrogens is 1. The predicted octanol–water partition coefficient (Wildman–Crippen LogP) is 6.32. The first kappa shape index (κ1) is 21.3. The van der Waals surface area contributed by atoms with E-state index in [4.69, 9.17) is 0 Å². The number of carbonyl (C=O) groups is 1. The van der Waals surface area contributed by atoms with Crippen LogP contribution in [-0.2, 0) is 11.3 Å². The highest BCUT2D eigenvalue weighted by Crippen LogP contribution is 2.35. The molecule has 35 heavy (non-hydrogen) atoms. The third kappa shape index (κ3) is 3.27. The van der Waals surface area contributed by atoms with Crippen molar-refractivity contribution in [3.63, 3.8) is 0 Å². The average Bonchev–Trinajstić information content (AvgIpc) is 3.39. The Balaban J connectivity index is 1.46. The van der Waals surface area contributed by atoms with Crippen LogP contribution in [0.2, 0.25) is 0 Å². The van der Waals surface area contributed by atoms with Crippen molar-refractivity contribution in [2.24, 2.45) is 0 Å². The van der Waals surface area contributed by atoms with Gasteiger partial charge in [-0.2, -0.15) is 4.58 Å². The highest BCUT2D eigenvalue weighted by atomic mass is 16.1. The number of hydrogen-bond acceptors (Lipinski definition) is 1. The topological polar surface area (TPSA) is 25.0 Å². The van der Waals surface area contributed by atoms with Gasteiger partial charge in [-0.05, 0) is 55.0 Å². The standard InChI is InChI=1S/C32H27N2O/c1-3-33-27(25-13-5-9-23-11-7-15-29(33)31(23)25)19-17-22(21-35)18-20-28-26-14-6-10-24-12-8-16-30(32(24)26)34(28)4-2/h5-21H,3-4H2,1-2H3/q+1. The SMILES string of the molecule is CCn1c(=CC=C(C=O)C=CC2=[N+](CC)c3cccc4cccc2c34)c2cccc3cccc1c32. The normalized spacial score (nSPS) is 14.5. The quantitative estimate of drug-likeness (QED) is 0.127. The average molecular weight is 456 g/mol. The summed E-state index contributed by atoms with van der Waals surface area (Å²) in [6.45, 7) is 6.06. The Morgan fingerprint density at radius 1 is 0.886 bits per heavy atom. The number of allylic oxidation sites excluding steroid dienone is 4. The van der Waals surface area contributed by atoms with Gasteiger partial charge < -0.3 is 4.57 Å². The molecule has 0 N–H and O–H groups in total. The molecule has 4 aromatic carbocycles. The summed E-state index contributed by atoms with van der Waals surface area (Å²) in [7, 11) is 0. The number of rotatable bonds is 6. The van der Waals surface area contributed by atoms with Gasteiger partial charge in [0.2, 0.25) is 11.4 Å². The highest BCUT2D eigenvalue weighted by Gasteiger charge is 2.28. The van der Waals surface area contributed by atoms with Gasteiger partial charge in [0, 0.05) is 45.9 Å². The number of aldehydes is 1. The lowest BCUT2D eigenvalue weighted by molar-refractivity contribution is -0.430. The molecule has 0 saturated heterocycles. The lowest BCUT2D eigenvalue weighted by atomic mass is 10.0. The molecule has 3 heteroatoms. The number of aryl methyl sites for hydroxylation is 1. The lowest BCUT2D eigenvalue weighted by Crippen LogP contribution is -2.14. The van der Waals surface area contributed by atoms with Gasteiger partial charge in [0.05, 0.1) is 10.9 Å². The molecule has 0 bridgehead atoms. The Labute approximate surface area is 204 Å². The van der Waals surface area contributed by atoms with Crippen LogP contribution in [0.5, 0.6) is 0 Å². The van der Waals surface area contributed by atoms with Gasteiger partial charge in [-0.25, -0.2) is 0 Å². The van der Waals surface area contributed by atoms with Crippen molar-refractivity contribution >= 4 is 56.2 Å². The Kier molecular flexibility index (Phi) is 5.18. The van der Waals surface area contributed by atoms with E-state index >= 15 is 0 Å². The molecule has 1 aliphatic rings. The van der Waals surface area contributed by atoms with Crippen LogP contribution in [0.4, 0.5) is 5.69 Å². The Bertz CT molecular complexity index is 1770. The minimum absolute atomic E-state index is 0.642. The highest BCUT2D eigenvalue weighted by molar-refractivity contribution is 6.20. The largest absolute Gasteiger partial charge is 0.341 e. The van der Waals surface area contributed by atoms with Crippen LogP contribution in [0.15, 0.2) is 96.6 Å². The molecule has 2 heterocycles. The fourth-order valence-corrected chi connectivity index (χ4v) is 5.59. The molecule has 1 aliphatic heterocycles. The molecule has 0 atom stereocenters. The first-order chi connectivity index (χ1) is 17.2. The molecule has 5 aromatic rings. The second kappa shape index (κ2) is 8.52. The zero-order valence-corrected chi connectivity index (χ0v) is 20.0. The number of nitrogens with zero attached hydrogens (tertiary/aromatic N) is 2. The van der Waals surface area contributed by atoms with Crippen LogP contribution in [0.25, 0.3) is 38.5 Å². The van der Waals surface area contributed by atoms with Crippen LogP contribution in [0.3, 0.4) is 0 Å². The van der Waals surface area contributed by atoms with Crippen LogP contribution in [0.1, 0.15) is 19.4 Å².